The molecule has 3 N–H and O–H groups in total. The second kappa shape index (κ2) is 7.29. The van der Waals surface area contributed by atoms with E-state index in [1.54, 1.807) is 23.1 Å². The minimum Gasteiger partial charge on any atom is -0.492 e. The number of nitrogens with two attached hydrogens (primary N) is 1. The number of ether oxygens (including phenoxy) is 1. The molecule has 2 aromatic rings. The van der Waals surface area contributed by atoms with Gasteiger partial charge in [0, 0.05) is 29.7 Å². The first-order valence-corrected chi connectivity index (χ1v) is 10.1. The summed E-state index contributed by atoms with van der Waals surface area (Å²) in [7, 11) is 1.38. The predicted octanol–water partition coefficient (Wildman–Crippen LogP) is 2.47. The number of primary amides is 1. The maximum atomic E-state index is 14.6. The Kier molecular flexibility index (Phi) is 5.03. The van der Waals surface area contributed by atoms with Crippen LogP contribution >= 0.6 is 9.24 Å². The summed E-state index contributed by atoms with van der Waals surface area (Å²) in [5, 5.41) is 11.2. The van der Waals surface area contributed by atoms with Crippen LogP contribution in [0.5, 0.6) is 5.75 Å². The Morgan fingerprint density at radius 3 is 2.67 bits per heavy atom. The number of likely N-dealkylation sites (tertiary alicyclic amines) is 1. The van der Waals surface area contributed by atoms with Crippen LogP contribution in [0.4, 0.5) is 8.78 Å². The van der Waals surface area contributed by atoms with Crippen LogP contribution in [0.3, 0.4) is 0 Å². The van der Waals surface area contributed by atoms with Gasteiger partial charge in [-0.05, 0) is 24.1 Å². The van der Waals surface area contributed by atoms with Crippen molar-refractivity contribution in [3.63, 3.8) is 0 Å². The number of rotatable bonds is 6. The number of benzene rings is 2. The van der Waals surface area contributed by atoms with Crippen LogP contribution in [0.15, 0.2) is 36.4 Å². The fourth-order valence-corrected chi connectivity index (χ4v) is 4.51. The maximum Gasteiger partial charge on any atom is 0.295 e. The van der Waals surface area contributed by atoms with Crippen molar-refractivity contribution >= 4 is 21.1 Å². The molecule has 0 bridgehead atoms. The van der Waals surface area contributed by atoms with Gasteiger partial charge in [-0.15, -0.1) is 0 Å². The van der Waals surface area contributed by atoms with E-state index >= 15 is 0 Å². The number of fused-ring (bicyclic) bond motifs is 3. The number of halogens is 2. The molecule has 2 aliphatic rings. The molecule has 158 valence electrons. The van der Waals surface area contributed by atoms with Crippen molar-refractivity contribution < 1.29 is 28.2 Å². The monoisotopic (exact) mass is 434 g/mol. The van der Waals surface area contributed by atoms with E-state index in [1.165, 1.54) is 27.4 Å². The highest BCUT2D eigenvalue weighted by molar-refractivity contribution is 7.18. The van der Waals surface area contributed by atoms with Crippen molar-refractivity contribution in [1.29, 1.82) is 0 Å². The molecule has 1 heterocycles. The van der Waals surface area contributed by atoms with Crippen molar-refractivity contribution in [2.45, 2.75) is 24.1 Å². The molecule has 2 aromatic carbocycles. The van der Waals surface area contributed by atoms with E-state index in [2.05, 4.69) is 0 Å². The van der Waals surface area contributed by atoms with Gasteiger partial charge in [-0.25, -0.2) is 0 Å². The molecule has 0 spiro atoms. The quantitative estimate of drug-likeness (QED) is 0.684. The zero-order valence-electron chi connectivity index (χ0n) is 16.0. The Labute approximate surface area is 174 Å². The average Bonchev–Trinajstić information content (AvgIpc) is 3.21. The van der Waals surface area contributed by atoms with E-state index in [1.807, 2.05) is 0 Å². The number of hydrogen-bond donors (Lipinski definition) is 2. The molecule has 2 unspecified atom stereocenters. The normalized spacial score (nSPS) is 20.3. The van der Waals surface area contributed by atoms with Gasteiger partial charge in [-0.3, -0.25) is 9.59 Å². The molecule has 2 amide bonds. The molecule has 1 saturated heterocycles. The number of hydrogen-bond acceptors (Lipinski definition) is 4. The smallest absolute Gasteiger partial charge is 0.295 e. The summed E-state index contributed by atoms with van der Waals surface area (Å²) < 4.78 is 35.0. The number of carbonyl (C=O) groups excluding carboxylic acids is 2. The zero-order chi connectivity index (χ0) is 21.7. The molecule has 2 atom stereocenters. The fourth-order valence-electron chi connectivity index (χ4n) is 4.20. The molecular formula is C21H21F2N2O4P. The lowest BCUT2D eigenvalue weighted by Gasteiger charge is -2.32. The lowest BCUT2D eigenvalue weighted by atomic mass is 9.90. The first-order valence-electron chi connectivity index (χ1n) is 9.52. The van der Waals surface area contributed by atoms with Gasteiger partial charge >= 0.3 is 0 Å². The molecule has 0 radical (unpaired) electrons. The molecule has 30 heavy (non-hydrogen) atoms. The zero-order valence-corrected chi connectivity index (χ0v) is 17.2. The molecule has 1 aliphatic carbocycles. The van der Waals surface area contributed by atoms with Gasteiger partial charge in [0.15, 0.2) is 5.60 Å². The van der Waals surface area contributed by atoms with Crippen LogP contribution in [-0.4, -0.2) is 47.2 Å². The molecular weight excluding hydrogens is 413 g/mol. The third kappa shape index (κ3) is 3.15. The van der Waals surface area contributed by atoms with E-state index in [-0.39, 0.29) is 40.5 Å². The predicted molar refractivity (Wildman–Crippen MR) is 109 cm³/mol. The number of amides is 2. The third-order valence-electron chi connectivity index (χ3n) is 5.64. The Morgan fingerprint density at radius 2 is 2.03 bits per heavy atom. The van der Waals surface area contributed by atoms with Crippen molar-refractivity contribution in [2.24, 2.45) is 5.73 Å². The molecule has 0 aromatic heterocycles. The van der Waals surface area contributed by atoms with Crippen LogP contribution in [0, 0.1) is 0 Å². The van der Waals surface area contributed by atoms with Gasteiger partial charge in [-0.2, -0.15) is 8.78 Å². The average molecular weight is 434 g/mol. The Hall–Kier alpha value is -2.57. The minimum atomic E-state index is -3.62. The van der Waals surface area contributed by atoms with Gasteiger partial charge in [-0.1, -0.05) is 33.5 Å². The van der Waals surface area contributed by atoms with Gasteiger partial charge in [0.2, 0.25) is 11.8 Å². The molecule has 9 heteroatoms. The number of aliphatic hydroxyl groups is 1. The van der Waals surface area contributed by atoms with E-state index < -0.39 is 17.2 Å². The van der Waals surface area contributed by atoms with E-state index in [0.29, 0.717) is 25.1 Å². The van der Waals surface area contributed by atoms with Crippen LogP contribution in [0.1, 0.15) is 34.3 Å². The number of carbonyl (C=O) groups is 2. The van der Waals surface area contributed by atoms with Crippen LogP contribution in [-0.2, 0) is 10.4 Å². The highest BCUT2D eigenvalue weighted by atomic mass is 31.0. The summed E-state index contributed by atoms with van der Waals surface area (Å²) in [5.41, 5.74) is -0.438. The summed E-state index contributed by atoms with van der Waals surface area (Å²) in [4.78, 5) is 25.5. The van der Waals surface area contributed by atoms with E-state index in [9.17, 15) is 23.5 Å². The first-order chi connectivity index (χ1) is 14.1. The molecule has 4 rings (SSSR count). The Bertz CT molecular complexity index is 1040. The summed E-state index contributed by atoms with van der Waals surface area (Å²) >= 11 is 0. The maximum absolute atomic E-state index is 14.6. The summed E-state index contributed by atoms with van der Waals surface area (Å²) in [6, 6.07) is 8.84. The van der Waals surface area contributed by atoms with Crippen molar-refractivity contribution in [3.8, 4) is 16.9 Å². The second-order valence-electron chi connectivity index (χ2n) is 7.47. The highest BCUT2D eigenvalue weighted by Crippen LogP contribution is 2.58. The SMILES string of the molecule is NC(=O)c1cc(OCCN2CCCC2=O)cc2c1-c1ccccc1C2(O)C(F)(F)P. The lowest BCUT2D eigenvalue weighted by Crippen LogP contribution is -2.40. The first kappa shape index (κ1) is 20.7. The molecule has 0 saturated carbocycles. The van der Waals surface area contributed by atoms with Gasteiger partial charge < -0.3 is 20.5 Å². The highest BCUT2D eigenvalue weighted by Gasteiger charge is 2.57. The Balaban J connectivity index is 1.76. The largest absolute Gasteiger partial charge is 0.492 e. The molecule has 1 fully saturated rings. The second-order valence-corrected chi connectivity index (χ2v) is 8.19. The fraction of sp³-hybridized carbons (Fsp3) is 0.333. The third-order valence-corrected chi connectivity index (χ3v) is 6.05. The van der Waals surface area contributed by atoms with Crippen LogP contribution in [0.2, 0.25) is 0 Å². The van der Waals surface area contributed by atoms with Crippen LogP contribution in [0.25, 0.3) is 11.1 Å². The number of alkyl halides is 2. The standard InChI is InChI=1S/C21H21F2N2O4P/c22-21(23,30)20(28)15-5-2-1-4-13(15)18-14(19(24)27)10-12(11-16(18)20)29-9-8-25-7-3-6-17(25)26/h1-2,4-5,10-11,28H,3,6-9,30H2,(H2,24,27). The molecule has 1 aliphatic heterocycles. The van der Waals surface area contributed by atoms with E-state index in [4.69, 9.17) is 10.5 Å². The summed E-state index contributed by atoms with van der Waals surface area (Å²) in [5.74, 6) is -0.662. The number of nitrogens with zero attached hydrogens (tertiary/aromatic N) is 1. The van der Waals surface area contributed by atoms with Gasteiger partial charge in [0.25, 0.3) is 5.66 Å². The minimum absolute atomic E-state index is 0.0117. The van der Waals surface area contributed by atoms with Gasteiger partial charge in [0.05, 0.1) is 12.1 Å². The molecule has 6 nitrogen and oxygen atoms in total. The van der Waals surface area contributed by atoms with Crippen molar-refractivity contribution in [3.05, 3.63) is 53.1 Å². The van der Waals surface area contributed by atoms with Crippen LogP contribution < -0.4 is 10.5 Å². The summed E-state index contributed by atoms with van der Waals surface area (Å²) in [6.07, 6.45) is 1.29. The van der Waals surface area contributed by atoms with Crippen molar-refractivity contribution in [2.75, 3.05) is 19.7 Å². The topological polar surface area (TPSA) is 92.9 Å². The van der Waals surface area contributed by atoms with Gasteiger partial charge in [0.1, 0.15) is 12.4 Å². The van der Waals surface area contributed by atoms with E-state index in [0.717, 1.165) is 6.42 Å². The van der Waals surface area contributed by atoms with Crippen molar-refractivity contribution in [1.82, 2.24) is 4.90 Å². The Morgan fingerprint density at radius 1 is 1.30 bits per heavy atom. The summed E-state index contributed by atoms with van der Waals surface area (Å²) in [6.45, 7) is 1.10. The lowest BCUT2D eigenvalue weighted by molar-refractivity contribution is -0.128.